The first-order chi connectivity index (χ1) is 5.29. The first-order valence-electron chi connectivity index (χ1n) is 3.49. The number of carbonyl (C=O) groups excluding carboxylic acids is 1. The summed E-state index contributed by atoms with van der Waals surface area (Å²) in [5.74, 6) is 0.00474. The lowest BCUT2D eigenvalue weighted by Crippen LogP contribution is -2.23. The Morgan fingerprint density at radius 1 is 1.73 bits per heavy atom. The lowest BCUT2D eigenvalue weighted by atomic mass is 10.5. The lowest BCUT2D eigenvalue weighted by molar-refractivity contribution is -0.118. The Hall–Kier alpha value is -1.32. The number of amides is 1. The van der Waals surface area contributed by atoms with Crippen LogP contribution in [0.3, 0.4) is 0 Å². The molecule has 4 nitrogen and oxygen atoms in total. The van der Waals surface area contributed by atoms with Crippen molar-refractivity contribution in [3.8, 4) is 0 Å². The van der Waals surface area contributed by atoms with E-state index in [4.69, 9.17) is 0 Å². The van der Waals surface area contributed by atoms with Crippen LogP contribution in [0.5, 0.6) is 0 Å². The zero-order valence-corrected chi connectivity index (χ0v) is 6.45. The van der Waals surface area contributed by atoms with Gasteiger partial charge in [0, 0.05) is 32.4 Å². The van der Waals surface area contributed by atoms with Crippen molar-refractivity contribution in [3.63, 3.8) is 0 Å². The van der Waals surface area contributed by atoms with Crippen LogP contribution in [0.2, 0.25) is 0 Å². The summed E-state index contributed by atoms with van der Waals surface area (Å²) in [6, 6.07) is 0. The van der Waals surface area contributed by atoms with E-state index in [1.807, 2.05) is 10.8 Å². The van der Waals surface area contributed by atoms with Crippen molar-refractivity contribution in [2.75, 3.05) is 6.54 Å². The maximum Gasteiger partial charge on any atom is 0.216 e. The number of carbonyl (C=O) groups is 1. The van der Waals surface area contributed by atoms with Gasteiger partial charge >= 0.3 is 0 Å². The molecule has 1 rings (SSSR count). The van der Waals surface area contributed by atoms with E-state index >= 15 is 0 Å². The Labute approximate surface area is 65.2 Å². The van der Waals surface area contributed by atoms with Crippen molar-refractivity contribution < 1.29 is 4.79 Å². The van der Waals surface area contributed by atoms with Gasteiger partial charge in [-0.3, -0.25) is 4.79 Å². The summed E-state index contributed by atoms with van der Waals surface area (Å²) in [5.41, 5.74) is 0. The second kappa shape index (κ2) is 3.75. The summed E-state index contributed by atoms with van der Waals surface area (Å²) in [4.78, 5) is 14.3. The van der Waals surface area contributed by atoms with Crippen molar-refractivity contribution in [1.82, 2.24) is 14.9 Å². The number of rotatable bonds is 3. The van der Waals surface area contributed by atoms with Gasteiger partial charge in [-0.05, 0) is 0 Å². The molecule has 1 aromatic rings. The fraction of sp³-hybridized carbons (Fsp3) is 0.429. The summed E-state index contributed by atoms with van der Waals surface area (Å²) in [6.45, 7) is 2.94. The smallest absolute Gasteiger partial charge is 0.216 e. The van der Waals surface area contributed by atoms with Crippen molar-refractivity contribution in [2.24, 2.45) is 0 Å². The molecule has 0 spiro atoms. The molecule has 0 aromatic carbocycles. The number of nitrogens with one attached hydrogen (secondary N) is 1. The maximum absolute atomic E-state index is 10.4. The molecule has 0 aliphatic carbocycles. The molecular weight excluding hydrogens is 142 g/mol. The minimum atomic E-state index is 0.00474. The van der Waals surface area contributed by atoms with E-state index in [0.29, 0.717) is 6.54 Å². The molecule has 0 bridgehead atoms. The Morgan fingerprint density at radius 3 is 3.09 bits per heavy atom. The van der Waals surface area contributed by atoms with Crippen LogP contribution in [0.4, 0.5) is 0 Å². The normalized spacial score (nSPS) is 9.55. The standard InChI is InChI=1S/C7H11N3O/c1-7(11)9-3-5-10-4-2-8-6-10/h2,4,6H,3,5H2,1H3,(H,9,11). The van der Waals surface area contributed by atoms with Crippen LogP contribution in [0.1, 0.15) is 6.92 Å². The van der Waals surface area contributed by atoms with Gasteiger partial charge in [-0.15, -0.1) is 0 Å². The number of hydrogen-bond donors (Lipinski definition) is 1. The van der Waals surface area contributed by atoms with Crippen LogP contribution in [0.15, 0.2) is 18.7 Å². The molecule has 11 heavy (non-hydrogen) atoms. The van der Waals surface area contributed by atoms with E-state index in [1.54, 1.807) is 12.5 Å². The number of imidazole rings is 1. The van der Waals surface area contributed by atoms with Gasteiger partial charge in [0.1, 0.15) is 0 Å². The van der Waals surface area contributed by atoms with Crippen LogP contribution >= 0.6 is 0 Å². The molecule has 1 N–H and O–H groups in total. The maximum atomic E-state index is 10.4. The summed E-state index contributed by atoms with van der Waals surface area (Å²) >= 11 is 0. The molecule has 0 saturated heterocycles. The van der Waals surface area contributed by atoms with E-state index in [-0.39, 0.29) is 5.91 Å². The van der Waals surface area contributed by atoms with Gasteiger partial charge < -0.3 is 9.88 Å². The third kappa shape index (κ3) is 2.84. The topological polar surface area (TPSA) is 46.9 Å². The van der Waals surface area contributed by atoms with Gasteiger partial charge in [0.05, 0.1) is 6.33 Å². The predicted octanol–water partition coefficient (Wildman–Crippen LogP) is 0.0192. The van der Waals surface area contributed by atoms with Gasteiger partial charge in [0.2, 0.25) is 5.91 Å². The molecule has 1 heterocycles. The number of hydrogen-bond acceptors (Lipinski definition) is 2. The Kier molecular flexibility index (Phi) is 2.66. The zero-order chi connectivity index (χ0) is 8.10. The van der Waals surface area contributed by atoms with E-state index in [9.17, 15) is 4.79 Å². The summed E-state index contributed by atoms with van der Waals surface area (Å²) < 4.78 is 1.91. The third-order valence-corrected chi connectivity index (χ3v) is 1.30. The first kappa shape index (κ1) is 7.78. The monoisotopic (exact) mass is 153 g/mol. The highest BCUT2D eigenvalue weighted by atomic mass is 16.1. The number of nitrogens with zero attached hydrogens (tertiary/aromatic N) is 2. The Morgan fingerprint density at radius 2 is 2.55 bits per heavy atom. The van der Waals surface area contributed by atoms with Gasteiger partial charge in [0.25, 0.3) is 0 Å². The predicted molar refractivity (Wildman–Crippen MR) is 40.9 cm³/mol. The molecular formula is C7H11N3O. The van der Waals surface area contributed by atoms with Crippen molar-refractivity contribution >= 4 is 5.91 Å². The second-order valence-corrected chi connectivity index (χ2v) is 2.28. The van der Waals surface area contributed by atoms with Gasteiger partial charge in [-0.25, -0.2) is 4.98 Å². The zero-order valence-electron chi connectivity index (χ0n) is 6.45. The molecule has 60 valence electrons. The van der Waals surface area contributed by atoms with Gasteiger partial charge in [-0.1, -0.05) is 0 Å². The van der Waals surface area contributed by atoms with Crippen molar-refractivity contribution in [1.29, 1.82) is 0 Å². The lowest BCUT2D eigenvalue weighted by Gasteiger charge is -2.01. The van der Waals surface area contributed by atoms with E-state index in [2.05, 4.69) is 10.3 Å². The van der Waals surface area contributed by atoms with E-state index in [0.717, 1.165) is 6.54 Å². The highest BCUT2D eigenvalue weighted by Crippen LogP contribution is 1.82. The minimum absolute atomic E-state index is 0.00474. The summed E-state index contributed by atoms with van der Waals surface area (Å²) in [6.07, 6.45) is 5.30. The largest absolute Gasteiger partial charge is 0.355 e. The average molecular weight is 153 g/mol. The summed E-state index contributed by atoms with van der Waals surface area (Å²) in [7, 11) is 0. The van der Waals surface area contributed by atoms with Crippen LogP contribution < -0.4 is 5.32 Å². The average Bonchev–Trinajstić information content (AvgIpc) is 2.39. The fourth-order valence-corrected chi connectivity index (χ4v) is 0.780. The second-order valence-electron chi connectivity index (χ2n) is 2.28. The molecule has 0 saturated carbocycles. The molecule has 4 heteroatoms. The van der Waals surface area contributed by atoms with Gasteiger partial charge in [-0.2, -0.15) is 0 Å². The quantitative estimate of drug-likeness (QED) is 0.665. The minimum Gasteiger partial charge on any atom is -0.355 e. The molecule has 0 aliphatic rings. The number of aromatic nitrogens is 2. The Balaban J connectivity index is 2.19. The molecule has 0 atom stereocenters. The van der Waals surface area contributed by atoms with Crippen LogP contribution in [0, 0.1) is 0 Å². The molecule has 0 radical (unpaired) electrons. The van der Waals surface area contributed by atoms with Crippen LogP contribution in [-0.2, 0) is 11.3 Å². The van der Waals surface area contributed by atoms with Crippen LogP contribution in [-0.4, -0.2) is 22.0 Å². The summed E-state index contributed by atoms with van der Waals surface area (Å²) in [5, 5.41) is 2.70. The molecule has 1 amide bonds. The fourth-order valence-electron chi connectivity index (χ4n) is 0.780. The van der Waals surface area contributed by atoms with E-state index < -0.39 is 0 Å². The van der Waals surface area contributed by atoms with Gasteiger partial charge in [0.15, 0.2) is 0 Å². The highest BCUT2D eigenvalue weighted by molar-refractivity contribution is 5.72. The van der Waals surface area contributed by atoms with E-state index in [1.165, 1.54) is 6.92 Å². The molecule has 0 aliphatic heterocycles. The SMILES string of the molecule is CC(=O)NCCn1ccnc1. The first-order valence-corrected chi connectivity index (χ1v) is 3.49. The molecule has 0 fully saturated rings. The molecule has 1 aromatic heterocycles. The Bertz CT molecular complexity index is 218. The van der Waals surface area contributed by atoms with Crippen molar-refractivity contribution in [3.05, 3.63) is 18.7 Å². The van der Waals surface area contributed by atoms with Crippen LogP contribution in [0.25, 0.3) is 0 Å². The third-order valence-electron chi connectivity index (χ3n) is 1.30. The molecule has 0 unspecified atom stereocenters. The highest BCUT2D eigenvalue weighted by Gasteiger charge is 1.90. The van der Waals surface area contributed by atoms with Crippen molar-refractivity contribution in [2.45, 2.75) is 13.5 Å².